The number of rotatable bonds is 2. The van der Waals surface area contributed by atoms with E-state index in [4.69, 9.17) is 0 Å². The molecule has 4 aliphatic rings. The van der Waals surface area contributed by atoms with Crippen LogP contribution in [0.2, 0.25) is 0 Å². The summed E-state index contributed by atoms with van der Waals surface area (Å²) in [6.07, 6.45) is 15.9. The lowest BCUT2D eigenvalue weighted by molar-refractivity contribution is 0.289. The van der Waals surface area contributed by atoms with E-state index in [0.717, 1.165) is 51.5 Å². The molecule has 2 aromatic rings. The molecule has 4 heterocycles. The van der Waals surface area contributed by atoms with Crippen LogP contribution in [0.25, 0.3) is 0 Å². The van der Waals surface area contributed by atoms with Gasteiger partial charge in [-0.1, -0.05) is 39.5 Å². The summed E-state index contributed by atoms with van der Waals surface area (Å²) in [5.41, 5.74) is 0. The third-order valence-electron chi connectivity index (χ3n) is 10.1. The molecule has 2 saturated carbocycles. The second kappa shape index (κ2) is 12.6. The summed E-state index contributed by atoms with van der Waals surface area (Å²) in [5, 5.41) is 10.9. The van der Waals surface area contributed by atoms with Gasteiger partial charge >= 0.3 is 0 Å². The number of aromatic amines is 1. The first-order valence-corrected chi connectivity index (χ1v) is 18.8. The lowest BCUT2D eigenvalue weighted by Gasteiger charge is -2.23. The Morgan fingerprint density at radius 3 is 2.02 bits per heavy atom. The third-order valence-corrected chi connectivity index (χ3v) is 13.3. The average Bonchev–Trinajstić information content (AvgIpc) is 3.71. The van der Waals surface area contributed by atoms with Gasteiger partial charge in [0.2, 0.25) is 19.7 Å². The predicted molar refractivity (Wildman–Crippen MR) is 152 cm³/mol. The van der Waals surface area contributed by atoms with Crippen molar-refractivity contribution >= 4 is 19.7 Å². The molecule has 6 unspecified atom stereocenters. The minimum Gasteiger partial charge on any atom is -0.262 e. The topological polar surface area (TPSA) is 141 Å². The van der Waals surface area contributed by atoms with Crippen molar-refractivity contribution in [2.45, 2.75) is 114 Å². The Morgan fingerprint density at radius 2 is 1.40 bits per heavy atom. The SMILES string of the molecule is CCC1CCC2CS(=O)(=O)c3n[nH]c(n3)CCCCC12.CCC1CCC2CS(=O)(=O)c3ncn(n3)CCCCC12. The van der Waals surface area contributed by atoms with Crippen LogP contribution in [0.5, 0.6) is 0 Å². The van der Waals surface area contributed by atoms with Crippen LogP contribution in [0, 0.1) is 35.5 Å². The number of hydrogen-bond acceptors (Lipinski definition) is 8. The number of sulfone groups is 2. The van der Waals surface area contributed by atoms with Crippen LogP contribution in [0.15, 0.2) is 16.6 Å². The number of nitrogens with one attached hydrogen (secondary N) is 1. The standard InChI is InChI=1S/2C14H23N3O2S/c1-2-11-6-7-12-9-20(18,19)14-15-10-17(16-14)8-4-3-5-13(11)12;1-2-10-7-8-11-9-20(18,19)14-15-13(16-17-14)6-4-3-5-12(10)11/h10-13H,2-9H2,1H3;10-12H,2-9H2,1H3,(H,15,16,17). The van der Waals surface area contributed by atoms with Gasteiger partial charge in [-0.15, -0.1) is 10.2 Å². The molecule has 2 aliphatic heterocycles. The van der Waals surface area contributed by atoms with Gasteiger partial charge in [0.15, 0.2) is 0 Å². The zero-order chi connectivity index (χ0) is 28.3. The van der Waals surface area contributed by atoms with Gasteiger partial charge < -0.3 is 0 Å². The second-order valence-corrected chi connectivity index (χ2v) is 16.4. The van der Waals surface area contributed by atoms with Crippen LogP contribution >= 0.6 is 0 Å². The highest BCUT2D eigenvalue weighted by Gasteiger charge is 2.40. The molecule has 6 rings (SSSR count). The lowest BCUT2D eigenvalue weighted by Crippen LogP contribution is -2.23. The van der Waals surface area contributed by atoms with E-state index in [0.29, 0.717) is 41.3 Å². The van der Waals surface area contributed by atoms with Crippen molar-refractivity contribution in [1.29, 1.82) is 0 Å². The summed E-state index contributed by atoms with van der Waals surface area (Å²) < 4.78 is 51.5. The molecule has 2 aliphatic carbocycles. The van der Waals surface area contributed by atoms with Gasteiger partial charge in [0, 0.05) is 13.0 Å². The maximum absolute atomic E-state index is 12.5. The van der Waals surface area contributed by atoms with Crippen molar-refractivity contribution in [3.8, 4) is 0 Å². The van der Waals surface area contributed by atoms with Crippen molar-refractivity contribution in [1.82, 2.24) is 29.9 Å². The first kappa shape index (κ1) is 29.7. The molecule has 224 valence electrons. The van der Waals surface area contributed by atoms with E-state index >= 15 is 0 Å². The molecule has 0 spiro atoms. The number of aromatic nitrogens is 6. The molecule has 40 heavy (non-hydrogen) atoms. The minimum atomic E-state index is -3.33. The smallest absolute Gasteiger partial charge is 0.262 e. The Kier molecular flexibility index (Phi) is 9.34. The molecule has 6 atom stereocenters. The Hall–Kier alpha value is -1.82. The van der Waals surface area contributed by atoms with E-state index in [9.17, 15) is 16.8 Å². The second-order valence-electron chi connectivity index (χ2n) is 12.5. The van der Waals surface area contributed by atoms with Gasteiger partial charge in [0.25, 0.3) is 10.3 Å². The average molecular weight is 595 g/mol. The molecular weight excluding hydrogens is 548 g/mol. The van der Waals surface area contributed by atoms with Gasteiger partial charge in [0.05, 0.1) is 11.5 Å². The van der Waals surface area contributed by atoms with Crippen molar-refractivity contribution < 1.29 is 16.8 Å². The van der Waals surface area contributed by atoms with Crippen LogP contribution in [0.1, 0.15) is 96.7 Å². The van der Waals surface area contributed by atoms with Crippen molar-refractivity contribution in [2.24, 2.45) is 35.5 Å². The van der Waals surface area contributed by atoms with E-state index in [1.807, 2.05) is 0 Å². The van der Waals surface area contributed by atoms with Gasteiger partial charge in [-0.3, -0.25) is 9.78 Å². The van der Waals surface area contributed by atoms with Crippen LogP contribution in [0.4, 0.5) is 0 Å². The summed E-state index contributed by atoms with van der Waals surface area (Å²) in [5.74, 6) is 4.33. The summed E-state index contributed by atoms with van der Waals surface area (Å²) in [6.45, 7) is 5.24. The maximum Gasteiger partial charge on any atom is 0.266 e. The highest BCUT2D eigenvalue weighted by Crippen LogP contribution is 2.44. The molecule has 0 radical (unpaired) electrons. The number of aryl methyl sites for hydroxylation is 2. The van der Waals surface area contributed by atoms with Crippen LogP contribution in [-0.4, -0.2) is 58.3 Å². The largest absolute Gasteiger partial charge is 0.266 e. The fourth-order valence-electron chi connectivity index (χ4n) is 7.95. The zero-order valence-electron chi connectivity index (χ0n) is 24.0. The Balaban J connectivity index is 0.000000161. The van der Waals surface area contributed by atoms with Gasteiger partial charge in [-0.25, -0.2) is 26.8 Å². The van der Waals surface area contributed by atoms with Crippen LogP contribution < -0.4 is 0 Å². The van der Waals surface area contributed by atoms with E-state index in [2.05, 4.69) is 39.1 Å². The maximum atomic E-state index is 12.5. The third kappa shape index (κ3) is 6.63. The van der Waals surface area contributed by atoms with Crippen molar-refractivity contribution in [3.63, 3.8) is 0 Å². The van der Waals surface area contributed by atoms with Crippen molar-refractivity contribution in [3.05, 3.63) is 12.2 Å². The molecule has 0 amide bonds. The molecule has 1 N–H and O–H groups in total. The van der Waals surface area contributed by atoms with Crippen molar-refractivity contribution in [2.75, 3.05) is 11.5 Å². The number of H-pyrrole nitrogens is 1. The predicted octanol–water partition coefficient (Wildman–Crippen LogP) is 4.65. The molecule has 0 saturated heterocycles. The molecule has 4 bridgehead atoms. The molecule has 2 fully saturated rings. The summed E-state index contributed by atoms with van der Waals surface area (Å²) in [7, 11) is -6.66. The number of hydrogen-bond donors (Lipinski definition) is 1. The van der Waals surface area contributed by atoms with Gasteiger partial charge in [-0.2, -0.15) is 0 Å². The molecule has 12 heteroatoms. The van der Waals surface area contributed by atoms with E-state index in [1.165, 1.54) is 38.5 Å². The summed E-state index contributed by atoms with van der Waals surface area (Å²) in [4.78, 5) is 8.17. The molecule has 2 aromatic heterocycles. The quantitative estimate of drug-likeness (QED) is 0.530. The highest BCUT2D eigenvalue weighted by atomic mass is 32.2. The normalized spacial score (nSPS) is 33.4. The monoisotopic (exact) mass is 594 g/mol. The molecular formula is C28H46N6O4S2. The Morgan fingerprint density at radius 1 is 0.800 bits per heavy atom. The van der Waals surface area contributed by atoms with Gasteiger partial charge in [-0.05, 0) is 86.9 Å². The Labute approximate surface area is 239 Å². The lowest BCUT2D eigenvalue weighted by atomic mass is 9.84. The van der Waals surface area contributed by atoms with E-state index in [1.54, 1.807) is 11.0 Å². The Bertz CT molecular complexity index is 1240. The van der Waals surface area contributed by atoms with E-state index < -0.39 is 19.7 Å². The summed E-state index contributed by atoms with van der Waals surface area (Å²) >= 11 is 0. The molecule has 0 aromatic carbocycles. The van der Waals surface area contributed by atoms with E-state index in [-0.39, 0.29) is 21.8 Å². The first-order chi connectivity index (χ1) is 19.2. The summed E-state index contributed by atoms with van der Waals surface area (Å²) in [6, 6.07) is 0. The fraction of sp³-hybridized carbons (Fsp3) is 0.857. The number of fused-ring (bicyclic) bond motifs is 6. The fourth-order valence-corrected chi connectivity index (χ4v) is 11.1. The van der Waals surface area contributed by atoms with Crippen LogP contribution in [-0.2, 0) is 32.6 Å². The van der Waals surface area contributed by atoms with Gasteiger partial charge in [0.1, 0.15) is 12.2 Å². The van der Waals surface area contributed by atoms with Crippen LogP contribution in [0.3, 0.4) is 0 Å². The highest BCUT2D eigenvalue weighted by molar-refractivity contribution is 7.91. The number of nitrogens with zero attached hydrogens (tertiary/aromatic N) is 5. The minimum absolute atomic E-state index is 0.00750. The molecule has 10 nitrogen and oxygen atoms in total. The first-order valence-electron chi connectivity index (χ1n) is 15.5. The zero-order valence-corrected chi connectivity index (χ0v) is 25.7.